The molecular formula is C14H10BrFN4. The Balaban J connectivity index is 2.18. The lowest BCUT2D eigenvalue weighted by molar-refractivity contribution is 0.626. The minimum absolute atomic E-state index is 0.303. The predicted octanol–water partition coefficient (Wildman–Crippen LogP) is 3.42. The van der Waals surface area contributed by atoms with E-state index in [1.165, 1.54) is 12.1 Å². The summed E-state index contributed by atoms with van der Waals surface area (Å²) >= 11 is 3.36. The number of rotatable bonds is 2. The van der Waals surface area contributed by atoms with E-state index in [2.05, 4.69) is 25.9 Å². The van der Waals surface area contributed by atoms with Crippen LogP contribution in [0.15, 0.2) is 53.7 Å². The van der Waals surface area contributed by atoms with E-state index < -0.39 is 0 Å². The summed E-state index contributed by atoms with van der Waals surface area (Å²) in [5, 5.41) is 0. The first kappa shape index (κ1) is 12.8. The van der Waals surface area contributed by atoms with Crippen molar-refractivity contribution in [3.63, 3.8) is 0 Å². The van der Waals surface area contributed by atoms with E-state index in [4.69, 9.17) is 5.73 Å². The number of nitrogens with two attached hydrogens (primary N) is 1. The maximum absolute atomic E-state index is 13.2. The molecule has 0 saturated carbocycles. The van der Waals surface area contributed by atoms with E-state index in [0.717, 1.165) is 16.9 Å². The van der Waals surface area contributed by atoms with Gasteiger partial charge in [-0.1, -0.05) is 0 Å². The molecule has 0 aliphatic heterocycles. The van der Waals surface area contributed by atoms with Crippen molar-refractivity contribution in [3.05, 3.63) is 59.5 Å². The van der Waals surface area contributed by atoms with Gasteiger partial charge in [0.25, 0.3) is 0 Å². The molecule has 6 heteroatoms. The zero-order valence-corrected chi connectivity index (χ0v) is 11.9. The summed E-state index contributed by atoms with van der Waals surface area (Å²) in [5.41, 5.74) is 8.93. The van der Waals surface area contributed by atoms with E-state index in [1.54, 1.807) is 37.1 Å². The van der Waals surface area contributed by atoms with Crippen LogP contribution >= 0.6 is 15.9 Å². The van der Waals surface area contributed by atoms with Crippen LogP contribution in [0, 0.1) is 5.82 Å². The Kier molecular flexibility index (Phi) is 3.23. The number of hydrogen-bond acceptors (Lipinski definition) is 3. The first-order valence-electron chi connectivity index (χ1n) is 5.84. The lowest BCUT2D eigenvalue weighted by Gasteiger charge is -2.11. The molecule has 100 valence electrons. The molecule has 0 unspecified atom stereocenters. The van der Waals surface area contributed by atoms with Crippen LogP contribution in [0.5, 0.6) is 0 Å². The number of anilines is 1. The maximum atomic E-state index is 13.2. The molecular weight excluding hydrogens is 323 g/mol. The Morgan fingerprint density at radius 2 is 2.00 bits per heavy atom. The highest BCUT2D eigenvalue weighted by atomic mass is 79.9. The Labute approximate surface area is 123 Å². The van der Waals surface area contributed by atoms with Crippen LogP contribution in [0.4, 0.5) is 10.1 Å². The molecule has 0 saturated heterocycles. The summed E-state index contributed by atoms with van der Waals surface area (Å²) < 4.78 is 15.7. The SMILES string of the molecule is Nc1ccncc1-c1cncn1-c1ccc(F)cc1Br. The normalized spacial score (nSPS) is 10.7. The quantitative estimate of drug-likeness (QED) is 0.782. The van der Waals surface area contributed by atoms with Crippen molar-refractivity contribution in [1.82, 2.24) is 14.5 Å². The van der Waals surface area contributed by atoms with E-state index in [0.29, 0.717) is 10.2 Å². The van der Waals surface area contributed by atoms with Gasteiger partial charge in [-0.15, -0.1) is 0 Å². The Morgan fingerprint density at radius 3 is 2.75 bits per heavy atom. The maximum Gasteiger partial charge on any atom is 0.124 e. The number of pyridine rings is 1. The Morgan fingerprint density at radius 1 is 1.15 bits per heavy atom. The molecule has 3 rings (SSSR count). The fraction of sp³-hybridized carbons (Fsp3) is 0. The van der Waals surface area contributed by atoms with Crippen LogP contribution in [-0.2, 0) is 0 Å². The van der Waals surface area contributed by atoms with Gasteiger partial charge in [-0.2, -0.15) is 0 Å². The minimum atomic E-state index is -0.303. The highest BCUT2D eigenvalue weighted by Crippen LogP contribution is 2.30. The largest absolute Gasteiger partial charge is 0.398 e. The average Bonchev–Trinajstić information content (AvgIpc) is 2.88. The van der Waals surface area contributed by atoms with E-state index in [-0.39, 0.29) is 5.82 Å². The van der Waals surface area contributed by atoms with Gasteiger partial charge in [-0.3, -0.25) is 9.55 Å². The van der Waals surface area contributed by atoms with Gasteiger partial charge in [0, 0.05) is 28.1 Å². The molecule has 0 aliphatic carbocycles. The molecule has 20 heavy (non-hydrogen) atoms. The van der Waals surface area contributed by atoms with Crippen molar-refractivity contribution >= 4 is 21.6 Å². The third-order valence-electron chi connectivity index (χ3n) is 2.94. The number of aromatic nitrogens is 3. The topological polar surface area (TPSA) is 56.7 Å². The lowest BCUT2D eigenvalue weighted by atomic mass is 10.2. The summed E-state index contributed by atoms with van der Waals surface area (Å²) in [6, 6.07) is 6.21. The molecule has 0 bridgehead atoms. The van der Waals surface area contributed by atoms with Crippen LogP contribution in [0.3, 0.4) is 0 Å². The summed E-state index contributed by atoms with van der Waals surface area (Å²) in [4.78, 5) is 8.22. The second-order valence-electron chi connectivity index (χ2n) is 4.21. The summed E-state index contributed by atoms with van der Waals surface area (Å²) in [6.45, 7) is 0. The molecule has 3 aromatic rings. The molecule has 0 atom stereocenters. The molecule has 2 heterocycles. The number of halogens is 2. The monoisotopic (exact) mass is 332 g/mol. The number of benzene rings is 1. The molecule has 0 spiro atoms. The van der Waals surface area contributed by atoms with E-state index >= 15 is 0 Å². The molecule has 1 aromatic carbocycles. The van der Waals surface area contributed by atoms with Crippen LogP contribution in [0.1, 0.15) is 0 Å². The van der Waals surface area contributed by atoms with Gasteiger partial charge in [0.2, 0.25) is 0 Å². The molecule has 0 fully saturated rings. The molecule has 2 aromatic heterocycles. The Bertz CT molecular complexity index is 769. The van der Waals surface area contributed by atoms with Gasteiger partial charge < -0.3 is 5.73 Å². The first-order chi connectivity index (χ1) is 9.66. The van der Waals surface area contributed by atoms with Gasteiger partial charge in [0.05, 0.1) is 23.9 Å². The zero-order chi connectivity index (χ0) is 14.1. The molecule has 0 aliphatic rings. The second-order valence-corrected chi connectivity index (χ2v) is 5.06. The van der Waals surface area contributed by atoms with Crippen molar-refractivity contribution in [2.45, 2.75) is 0 Å². The third kappa shape index (κ3) is 2.18. The van der Waals surface area contributed by atoms with Gasteiger partial charge in [0.15, 0.2) is 0 Å². The molecule has 0 amide bonds. The highest BCUT2D eigenvalue weighted by Gasteiger charge is 2.12. The van der Waals surface area contributed by atoms with E-state index in [9.17, 15) is 4.39 Å². The van der Waals surface area contributed by atoms with Gasteiger partial charge in [0.1, 0.15) is 5.82 Å². The molecule has 4 nitrogen and oxygen atoms in total. The standard InChI is InChI=1S/C14H10BrFN4/c15-11-5-9(16)1-2-13(11)20-8-19-7-14(20)10-6-18-4-3-12(10)17/h1-8H,(H2,17,18). The summed E-state index contributed by atoms with van der Waals surface area (Å²) in [5.74, 6) is -0.303. The second kappa shape index (κ2) is 5.05. The number of nitrogen functional groups attached to an aromatic ring is 1. The van der Waals surface area contributed by atoms with Gasteiger partial charge in [-0.25, -0.2) is 9.37 Å². The smallest absolute Gasteiger partial charge is 0.124 e. The average molecular weight is 333 g/mol. The Hall–Kier alpha value is -2.21. The number of nitrogens with zero attached hydrogens (tertiary/aromatic N) is 3. The van der Waals surface area contributed by atoms with Crippen molar-refractivity contribution in [3.8, 4) is 16.9 Å². The fourth-order valence-corrected chi connectivity index (χ4v) is 2.52. The highest BCUT2D eigenvalue weighted by molar-refractivity contribution is 9.10. The molecule has 2 N–H and O–H groups in total. The number of imidazole rings is 1. The van der Waals surface area contributed by atoms with Crippen molar-refractivity contribution in [2.24, 2.45) is 0 Å². The van der Waals surface area contributed by atoms with Crippen LogP contribution in [0.2, 0.25) is 0 Å². The van der Waals surface area contributed by atoms with Gasteiger partial charge in [-0.05, 0) is 40.2 Å². The lowest BCUT2D eigenvalue weighted by Crippen LogP contribution is -1.99. The van der Waals surface area contributed by atoms with Crippen LogP contribution in [0.25, 0.3) is 16.9 Å². The molecule has 0 radical (unpaired) electrons. The summed E-state index contributed by atoms with van der Waals surface area (Å²) in [6.07, 6.45) is 6.66. The van der Waals surface area contributed by atoms with Crippen LogP contribution in [-0.4, -0.2) is 14.5 Å². The fourth-order valence-electron chi connectivity index (χ4n) is 1.98. The third-order valence-corrected chi connectivity index (χ3v) is 3.57. The minimum Gasteiger partial charge on any atom is -0.398 e. The summed E-state index contributed by atoms with van der Waals surface area (Å²) in [7, 11) is 0. The van der Waals surface area contributed by atoms with E-state index in [1.807, 2.05) is 4.57 Å². The van der Waals surface area contributed by atoms with Crippen molar-refractivity contribution < 1.29 is 4.39 Å². The van der Waals surface area contributed by atoms with Gasteiger partial charge >= 0.3 is 0 Å². The predicted molar refractivity (Wildman–Crippen MR) is 78.9 cm³/mol. The first-order valence-corrected chi connectivity index (χ1v) is 6.64. The van der Waals surface area contributed by atoms with Crippen molar-refractivity contribution in [1.29, 1.82) is 0 Å². The van der Waals surface area contributed by atoms with Crippen LogP contribution < -0.4 is 5.73 Å². The zero-order valence-electron chi connectivity index (χ0n) is 10.3. The van der Waals surface area contributed by atoms with Crippen molar-refractivity contribution in [2.75, 3.05) is 5.73 Å². The number of hydrogen-bond donors (Lipinski definition) is 1.